The molecule has 0 amide bonds. The Morgan fingerprint density at radius 2 is 2.13 bits per heavy atom. The molecule has 2 rings (SSSR count). The van der Waals surface area contributed by atoms with E-state index in [4.69, 9.17) is 29.6 Å². The van der Waals surface area contributed by atoms with Gasteiger partial charge in [0.25, 0.3) is 0 Å². The highest BCUT2D eigenvalue weighted by Gasteiger charge is 2.26. The second kappa shape index (κ2) is 8.63. The van der Waals surface area contributed by atoms with Crippen molar-refractivity contribution in [2.75, 3.05) is 0 Å². The van der Waals surface area contributed by atoms with Crippen LogP contribution in [-0.2, 0) is 0 Å². The highest BCUT2D eigenvalue weighted by Crippen LogP contribution is 2.35. The smallest absolute Gasteiger partial charge is 0.0952 e. The lowest BCUT2D eigenvalue weighted by atomic mass is 9.89. The van der Waals surface area contributed by atoms with Crippen molar-refractivity contribution < 1.29 is 0 Å². The third-order valence-corrected chi connectivity index (χ3v) is 4.32. The summed E-state index contributed by atoms with van der Waals surface area (Å²) >= 11 is 12.4. The maximum atomic E-state index is 9.67. The first-order valence-electron chi connectivity index (χ1n) is 7.43. The average molecular weight is 346 g/mol. The van der Waals surface area contributed by atoms with E-state index >= 15 is 0 Å². The van der Waals surface area contributed by atoms with E-state index in [1.54, 1.807) is 24.7 Å². The summed E-state index contributed by atoms with van der Waals surface area (Å²) < 4.78 is 1.92. The number of benzene rings is 1. The summed E-state index contributed by atoms with van der Waals surface area (Å²) in [5.74, 6) is 2.41. The summed E-state index contributed by atoms with van der Waals surface area (Å²) in [6.45, 7) is 0. The molecule has 1 aromatic heterocycles. The van der Waals surface area contributed by atoms with E-state index < -0.39 is 0 Å². The van der Waals surface area contributed by atoms with Crippen LogP contribution in [0.1, 0.15) is 37.3 Å². The maximum absolute atomic E-state index is 9.67. The topological polar surface area (TPSA) is 41.6 Å². The van der Waals surface area contributed by atoms with Crippen molar-refractivity contribution >= 4 is 23.2 Å². The van der Waals surface area contributed by atoms with Gasteiger partial charge in [0.1, 0.15) is 0 Å². The van der Waals surface area contributed by atoms with E-state index in [0.29, 0.717) is 10.0 Å². The van der Waals surface area contributed by atoms with Crippen molar-refractivity contribution in [3.63, 3.8) is 0 Å². The molecule has 0 bridgehead atoms. The van der Waals surface area contributed by atoms with Crippen molar-refractivity contribution in [3.05, 3.63) is 52.5 Å². The van der Waals surface area contributed by atoms with E-state index in [2.05, 4.69) is 17.0 Å². The van der Waals surface area contributed by atoms with Crippen LogP contribution in [0.3, 0.4) is 0 Å². The summed E-state index contributed by atoms with van der Waals surface area (Å²) in [4.78, 5) is 4.10. The molecule has 3 nitrogen and oxygen atoms in total. The van der Waals surface area contributed by atoms with Crippen molar-refractivity contribution in [2.24, 2.45) is 5.92 Å². The van der Waals surface area contributed by atoms with Gasteiger partial charge in [-0.25, -0.2) is 4.98 Å². The van der Waals surface area contributed by atoms with E-state index in [1.165, 1.54) is 0 Å². The van der Waals surface area contributed by atoms with E-state index in [-0.39, 0.29) is 12.0 Å². The van der Waals surface area contributed by atoms with Gasteiger partial charge in [0.05, 0.1) is 24.4 Å². The van der Waals surface area contributed by atoms with Crippen LogP contribution in [0.25, 0.3) is 0 Å². The minimum atomic E-state index is -0.222. The van der Waals surface area contributed by atoms with Crippen molar-refractivity contribution in [1.82, 2.24) is 9.55 Å². The third kappa shape index (κ3) is 4.52. The molecule has 2 unspecified atom stereocenters. The zero-order chi connectivity index (χ0) is 16.7. The number of rotatable bonds is 7. The second-order valence-corrected chi connectivity index (χ2v) is 6.15. The molecular weight excluding hydrogens is 329 g/mol. The van der Waals surface area contributed by atoms with Gasteiger partial charge in [0.15, 0.2) is 0 Å². The number of terminal acetylenes is 1. The first kappa shape index (κ1) is 17.4. The van der Waals surface area contributed by atoms with Gasteiger partial charge in [-0.3, -0.25) is 0 Å². The minimum absolute atomic E-state index is 0.196. The Labute approximate surface area is 146 Å². The van der Waals surface area contributed by atoms with Crippen LogP contribution in [0.2, 0.25) is 10.0 Å². The SMILES string of the molecule is C#CCCCCC(C#N)C(c1ccc(Cl)cc1Cl)n1ccnc1. The maximum Gasteiger partial charge on any atom is 0.0952 e. The van der Waals surface area contributed by atoms with Crippen LogP contribution >= 0.6 is 23.2 Å². The molecule has 5 heteroatoms. The molecule has 1 heterocycles. The first-order chi connectivity index (χ1) is 11.2. The number of unbranched alkanes of at least 4 members (excludes halogenated alkanes) is 2. The lowest BCUT2D eigenvalue weighted by Crippen LogP contribution is -2.19. The number of hydrogen-bond donors (Lipinski definition) is 0. The number of nitrogens with zero attached hydrogens (tertiary/aromatic N) is 3. The molecule has 2 aromatic rings. The monoisotopic (exact) mass is 345 g/mol. The molecule has 0 fully saturated rings. The molecule has 0 aliphatic rings. The standard InChI is InChI=1S/C18H17Cl2N3/c1-2-3-4-5-6-14(12-21)18(23-10-9-22-13-23)16-8-7-15(19)11-17(16)20/h1,7-11,13-14,18H,3-6H2. The molecule has 23 heavy (non-hydrogen) atoms. The molecule has 2 atom stereocenters. The van der Waals surface area contributed by atoms with E-state index in [9.17, 15) is 5.26 Å². The van der Waals surface area contributed by atoms with Crippen LogP contribution in [0, 0.1) is 29.6 Å². The molecule has 0 N–H and O–H groups in total. The Bertz CT molecular complexity index is 711. The summed E-state index contributed by atoms with van der Waals surface area (Å²) in [6.07, 6.45) is 13.8. The second-order valence-electron chi connectivity index (χ2n) is 5.31. The quantitative estimate of drug-likeness (QED) is 0.516. The fraction of sp³-hybridized carbons (Fsp3) is 0.333. The summed E-state index contributed by atoms with van der Waals surface area (Å²) in [7, 11) is 0. The highest BCUT2D eigenvalue weighted by atomic mass is 35.5. The van der Waals surface area contributed by atoms with Gasteiger partial charge in [-0.2, -0.15) is 5.26 Å². The fourth-order valence-electron chi connectivity index (χ4n) is 2.64. The highest BCUT2D eigenvalue weighted by molar-refractivity contribution is 6.35. The number of imidazole rings is 1. The first-order valence-corrected chi connectivity index (χ1v) is 8.18. The predicted octanol–water partition coefficient (Wildman–Crippen LogP) is 5.11. The van der Waals surface area contributed by atoms with Gasteiger partial charge in [0, 0.05) is 28.9 Å². The van der Waals surface area contributed by atoms with Gasteiger partial charge in [0.2, 0.25) is 0 Å². The molecule has 1 aromatic carbocycles. The zero-order valence-corrected chi connectivity index (χ0v) is 14.1. The lowest BCUT2D eigenvalue weighted by Gasteiger charge is -2.25. The summed E-state index contributed by atoms with van der Waals surface area (Å²) in [6, 6.07) is 7.59. The fourth-order valence-corrected chi connectivity index (χ4v) is 3.17. The lowest BCUT2D eigenvalue weighted by molar-refractivity contribution is 0.416. The van der Waals surface area contributed by atoms with Crippen LogP contribution in [0.4, 0.5) is 0 Å². The van der Waals surface area contributed by atoms with Crippen LogP contribution < -0.4 is 0 Å². The Kier molecular flexibility index (Phi) is 6.53. The van der Waals surface area contributed by atoms with Crippen molar-refractivity contribution in [2.45, 2.75) is 31.7 Å². The summed E-state index contributed by atoms with van der Waals surface area (Å²) in [5.41, 5.74) is 0.873. The average Bonchev–Trinajstić information content (AvgIpc) is 3.05. The van der Waals surface area contributed by atoms with Crippen LogP contribution in [-0.4, -0.2) is 9.55 Å². The van der Waals surface area contributed by atoms with Crippen molar-refractivity contribution in [3.8, 4) is 18.4 Å². The molecule has 0 saturated heterocycles. The minimum Gasteiger partial charge on any atom is -0.329 e. The molecule has 0 aliphatic heterocycles. The molecule has 0 aliphatic carbocycles. The number of halogens is 2. The predicted molar refractivity (Wildman–Crippen MR) is 93.2 cm³/mol. The molecule has 118 valence electrons. The molecular formula is C18H17Cl2N3. The normalized spacial score (nSPS) is 13.0. The Hall–Kier alpha value is -1.94. The third-order valence-electron chi connectivity index (χ3n) is 3.76. The Morgan fingerprint density at radius 1 is 1.30 bits per heavy atom. The van der Waals surface area contributed by atoms with Gasteiger partial charge in [-0.15, -0.1) is 12.3 Å². The molecule has 0 spiro atoms. The Balaban J connectivity index is 2.30. The Morgan fingerprint density at radius 3 is 2.74 bits per heavy atom. The van der Waals surface area contributed by atoms with Crippen LogP contribution in [0.5, 0.6) is 0 Å². The van der Waals surface area contributed by atoms with Gasteiger partial charge in [-0.05, 0) is 30.5 Å². The number of nitriles is 1. The number of aromatic nitrogens is 2. The van der Waals surface area contributed by atoms with Gasteiger partial charge >= 0.3 is 0 Å². The molecule has 0 saturated carbocycles. The van der Waals surface area contributed by atoms with Gasteiger partial charge < -0.3 is 4.57 Å². The molecule has 0 radical (unpaired) electrons. The van der Waals surface area contributed by atoms with E-state index in [1.807, 2.05) is 16.8 Å². The van der Waals surface area contributed by atoms with Crippen LogP contribution in [0.15, 0.2) is 36.9 Å². The number of hydrogen-bond acceptors (Lipinski definition) is 2. The zero-order valence-electron chi connectivity index (χ0n) is 12.6. The largest absolute Gasteiger partial charge is 0.329 e. The van der Waals surface area contributed by atoms with Gasteiger partial charge in [-0.1, -0.05) is 35.7 Å². The van der Waals surface area contributed by atoms with Crippen molar-refractivity contribution in [1.29, 1.82) is 5.26 Å². The van der Waals surface area contributed by atoms with E-state index in [0.717, 1.165) is 31.2 Å². The summed E-state index contributed by atoms with van der Waals surface area (Å²) in [5, 5.41) is 10.8.